The number of likely N-dealkylation sites (tertiary alicyclic amines) is 1. The van der Waals surface area contributed by atoms with Crippen molar-refractivity contribution < 1.29 is 9.47 Å². The molecule has 1 aromatic heterocycles. The van der Waals surface area contributed by atoms with E-state index < -0.39 is 16.7 Å². The van der Waals surface area contributed by atoms with Crippen molar-refractivity contribution in [3.05, 3.63) is 56.4 Å². The molecule has 1 aromatic carbocycles. The van der Waals surface area contributed by atoms with Gasteiger partial charge in [0.25, 0.3) is 0 Å². The Morgan fingerprint density at radius 1 is 1.20 bits per heavy atom. The van der Waals surface area contributed by atoms with Gasteiger partial charge in [0.05, 0.1) is 19.7 Å². The van der Waals surface area contributed by atoms with Crippen LogP contribution in [-0.2, 0) is 24.4 Å². The van der Waals surface area contributed by atoms with Gasteiger partial charge in [0, 0.05) is 19.6 Å². The molecule has 8 nitrogen and oxygen atoms in total. The normalized spacial score (nSPS) is 24.4. The summed E-state index contributed by atoms with van der Waals surface area (Å²) in [6.07, 6.45) is 4.83. The topological polar surface area (TPSA) is 78.6 Å². The highest BCUT2D eigenvalue weighted by Crippen LogP contribution is 2.33. The van der Waals surface area contributed by atoms with Crippen molar-refractivity contribution in [1.29, 1.82) is 0 Å². The van der Waals surface area contributed by atoms with Crippen molar-refractivity contribution >= 4 is 0 Å². The van der Waals surface area contributed by atoms with Crippen LogP contribution in [0, 0.1) is 0 Å². The number of rotatable bonds is 4. The monoisotopic (exact) mass is 412 g/mol. The third-order valence-corrected chi connectivity index (χ3v) is 6.73. The van der Waals surface area contributed by atoms with Crippen LogP contribution >= 0.6 is 0 Å². The van der Waals surface area contributed by atoms with Crippen LogP contribution in [-0.4, -0.2) is 45.0 Å². The molecule has 2 fully saturated rings. The molecule has 8 heteroatoms. The average molecular weight is 412 g/mol. The summed E-state index contributed by atoms with van der Waals surface area (Å²) in [7, 11) is 1.67. The first kappa shape index (κ1) is 19.5. The highest BCUT2D eigenvalue weighted by atomic mass is 16.5. The van der Waals surface area contributed by atoms with E-state index in [1.807, 2.05) is 18.2 Å². The molecule has 1 atom stereocenters. The number of benzene rings is 1. The van der Waals surface area contributed by atoms with Gasteiger partial charge in [0.1, 0.15) is 18.0 Å². The van der Waals surface area contributed by atoms with E-state index in [1.54, 1.807) is 11.7 Å². The van der Waals surface area contributed by atoms with Gasteiger partial charge in [-0.1, -0.05) is 25.0 Å². The fourth-order valence-corrected chi connectivity index (χ4v) is 5.11. The van der Waals surface area contributed by atoms with Gasteiger partial charge < -0.3 is 9.47 Å². The summed E-state index contributed by atoms with van der Waals surface area (Å²) in [6, 6.07) is 8.12. The van der Waals surface area contributed by atoms with Crippen LogP contribution < -0.4 is 15.9 Å². The fraction of sp³-hybridized carbons (Fsp3) is 0.591. The molecule has 2 aliphatic heterocycles. The van der Waals surface area contributed by atoms with Crippen LogP contribution in [0.25, 0.3) is 0 Å². The summed E-state index contributed by atoms with van der Waals surface area (Å²) in [5, 5.41) is 4.53. The van der Waals surface area contributed by atoms with Crippen LogP contribution in [0.15, 0.2) is 33.9 Å². The standard InChI is InChI=1S/C22H28N4O4/c1-29-18-8-4-5-16(11-18)12-24-10-9-22(14-24)15-25-19(13-30-22)23-26(21(28)20(25)27)17-6-2-3-7-17/h4-5,8,11,17H,2-3,6-7,9-10,12-15H2,1H3. The van der Waals surface area contributed by atoms with E-state index in [0.29, 0.717) is 12.4 Å². The second-order valence-corrected chi connectivity index (χ2v) is 8.78. The minimum Gasteiger partial charge on any atom is -0.497 e. The first-order valence-corrected chi connectivity index (χ1v) is 10.8. The van der Waals surface area contributed by atoms with Crippen molar-refractivity contribution in [3.63, 3.8) is 0 Å². The van der Waals surface area contributed by atoms with Gasteiger partial charge in [-0.3, -0.25) is 19.1 Å². The maximum absolute atomic E-state index is 12.9. The number of ether oxygens (including phenoxy) is 2. The number of methoxy groups -OCH3 is 1. The molecule has 160 valence electrons. The minimum absolute atomic E-state index is 0.0526. The predicted molar refractivity (Wildman–Crippen MR) is 111 cm³/mol. The van der Waals surface area contributed by atoms with E-state index in [-0.39, 0.29) is 12.6 Å². The molecular weight excluding hydrogens is 384 g/mol. The zero-order valence-electron chi connectivity index (χ0n) is 17.4. The van der Waals surface area contributed by atoms with Crippen molar-refractivity contribution in [2.75, 3.05) is 20.2 Å². The number of aromatic nitrogens is 3. The van der Waals surface area contributed by atoms with Gasteiger partial charge in [-0.15, -0.1) is 0 Å². The third-order valence-electron chi connectivity index (χ3n) is 6.73. The number of hydrogen-bond donors (Lipinski definition) is 0. The predicted octanol–water partition coefficient (Wildman–Crippen LogP) is 1.70. The Labute approximate surface area is 175 Å². The highest BCUT2D eigenvalue weighted by molar-refractivity contribution is 5.28. The van der Waals surface area contributed by atoms with Crippen LogP contribution in [0.2, 0.25) is 0 Å². The van der Waals surface area contributed by atoms with E-state index in [9.17, 15) is 9.59 Å². The summed E-state index contributed by atoms with van der Waals surface area (Å²) in [5.41, 5.74) is -0.209. The first-order valence-electron chi connectivity index (χ1n) is 10.8. The van der Waals surface area contributed by atoms with Crippen molar-refractivity contribution in [2.45, 2.75) is 63.4 Å². The molecule has 0 bridgehead atoms. The third kappa shape index (κ3) is 3.48. The van der Waals surface area contributed by atoms with Gasteiger partial charge >= 0.3 is 11.1 Å². The average Bonchev–Trinajstić information content (AvgIpc) is 3.42. The Morgan fingerprint density at radius 3 is 2.83 bits per heavy atom. The molecule has 3 heterocycles. The number of nitrogens with zero attached hydrogens (tertiary/aromatic N) is 4. The molecule has 1 spiro atoms. The summed E-state index contributed by atoms with van der Waals surface area (Å²) in [5.74, 6) is 1.42. The second-order valence-electron chi connectivity index (χ2n) is 8.78. The number of fused-ring (bicyclic) bond motifs is 1. The Kier molecular flexibility index (Phi) is 4.99. The number of hydrogen-bond acceptors (Lipinski definition) is 6. The van der Waals surface area contributed by atoms with Gasteiger partial charge in [0.2, 0.25) is 0 Å². The molecule has 1 aliphatic carbocycles. The molecule has 0 N–H and O–H groups in total. The fourth-order valence-electron chi connectivity index (χ4n) is 5.11. The van der Waals surface area contributed by atoms with E-state index in [1.165, 1.54) is 10.2 Å². The van der Waals surface area contributed by atoms with Crippen LogP contribution in [0.5, 0.6) is 5.75 Å². The minimum atomic E-state index is -0.492. The molecule has 0 amide bonds. The zero-order chi connectivity index (χ0) is 20.7. The maximum atomic E-state index is 12.9. The van der Waals surface area contributed by atoms with Crippen molar-refractivity contribution in [1.82, 2.24) is 19.2 Å². The van der Waals surface area contributed by atoms with Gasteiger partial charge in [-0.25, -0.2) is 4.68 Å². The Balaban J connectivity index is 1.35. The summed E-state index contributed by atoms with van der Waals surface area (Å²) >= 11 is 0. The Morgan fingerprint density at radius 2 is 2.03 bits per heavy atom. The van der Waals surface area contributed by atoms with E-state index in [0.717, 1.165) is 57.5 Å². The summed E-state index contributed by atoms with van der Waals surface area (Å²) in [4.78, 5) is 27.9. The molecule has 1 saturated carbocycles. The molecule has 0 radical (unpaired) electrons. The lowest BCUT2D eigenvalue weighted by atomic mass is 10.0. The molecule has 5 rings (SSSR count). The van der Waals surface area contributed by atoms with Gasteiger partial charge in [-0.05, 0) is 37.0 Å². The highest BCUT2D eigenvalue weighted by Gasteiger charge is 2.43. The lowest BCUT2D eigenvalue weighted by Crippen LogP contribution is -2.53. The Hall–Kier alpha value is -2.45. The van der Waals surface area contributed by atoms with Crippen LogP contribution in [0.4, 0.5) is 0 Å². The quantitative estimate of drug-likeness (QED) is 0.712. The Bertz CT molecular complexity index is 1060. The van der Waals surface area contributed by atoms with E-state index in [2.05, 4.69) is 16.1 Å². The van der Waals surface area contributed by atoms with Crippen molar-refractivity contribution in [3.8, 4) is 5.75 Å². The van der Waals surface area contributed by atoms with E-state index >= 15 is 0 Å². The zero-order valence-corrected chi connectivity index (χ0v) is 17.4. The molecule has 1 saturated heterocycles. The molecule has 30 heavy (non-hydrogen) atoms. The lowest BCUT2D eigenvalue weighted by molar-refractivity contribution is -0.0860. The molecule has 2 aromatic rings. The summed E-state index contributed by atoms with van der Waals surface area (Å²) < 4.78 is 14.6. The van der Waals surface area contributed by atoms with Gasteiger partial charge in [0.15, 0.2) is 5.82 Å². The molecular formula is C22H28N4O4. The van der Waals surface area contributed by atoms with Gasteiger partial charge in [-0.2, -0.15) is 5.10 Å². The van der Waals surface area contributed by atoms with Crippen LogP contribution in [0.1, 0.15) is 49.5 Å². The smallest absolute Gasteiger partial charge is 0.332 e. The van der Waals surface area contributed by atoms with Crippen LogP contribution in [0.3, 0.4) is 0 Å². The SMILES string of the molecule is COc1cccc(CN2CCC3(C2)Cn2c(nn(C4CCCC4)c(=O)c2=O)CO3)c1. The maximum Gasteiger partial charge on any atom is 0.332 e. The van der Waals surface area contributed by atoms with E-state index in [4.69, 9.17) is 9.47 Å². The lowest BCUT2D eigenvalue weighted by Gasteiger charge is -2.35. The van der Waals surface area contributed by atoms with Crippen molar-refractivity contribution in [2.24, 2.45) is 0 Å². The second kappa shape index (κ2) is 7.67. The molecule has 1 unspecified atom stereocenters. The largest absolute Gasteiger partial charge is 0.497 e. The summed E-state index contributed by atoms with van der Waals surface area (Å²) in [6.45, 7) is 3.07. The first-order chi connectivity index (χ1) is 14.6. The molecule has 3 aliphatic rings.